The van der Waals surface area contributed by atoms with Crippen molar-refractivity contribution in [2.24, 2.45) is 5.41 Å². The van der Waals surface area contributed by atoms with Crippen LogP contribution in [0.5, 0.6) is 0 Å². The largest absolute Gasteiger partial charge is 0.492 e. The standard InChI is InChI=1S/C18H20O5/c1-3-13-9-14(16(19)20)10-18(2,17(21)22)15(13)23-11-12-7-5-4-6-8-12/h4-9H,3,10-11H2,1-2H3,(H,19,20)(H,21,22). The van der Waals surface area contributed by atoms with Crippen LogP contribution in [0.1, 0.15) is 32.3 Å². The molecule has 122 valence electrons. The van der Waals surface area contributed by atoms with Gasteiger partial charge in [0.15, 0.2) is 0 Å². The molecule has 1 aliphatic rings. The van der Waals surface area contributed by atoms with Crippen LogP contribution >= 0.6 is 0 Å². The van der Waals surface area contributed by atoms with E-state index in [-0.39, 0.29) is 18.6 Å². The third kappa shape index (κ3) is 3.44. The quantitative estimate of drug-likeness (QED) is 0.840. The number of benzene rings is 1. The molecule has 23 heavy (non-hydrogen) atoms. The lowest BCUT2D eigenvalue weighted by molar-refractivity contribution is -0.148. The number of carboxylic acid groups (broad SMARTS) is 2. The lowest BCUT2D eigenvalue weighted by atomic mass is 9.75. The average Bonchev–Trinajstić information content (AvgIpc) is 2.53. The van der Waals surface area contributed by atoms with E-state index in [1.54, 1.807) is 0 Å². The average molecular weight is 316 g/mol. The van der Waals surface area contributed by atoms with E-state index >= 15 is 0 Å². The molecule has 0 spiro atoms. The van der Waals surface area contributed by atoms with Crippen molar-refractivity contribution in [1.82, 2.24) is 0 Å². The van der Waals surface area contributed by atoms with Crippen LogP contribution in [-0.4, -0.2) is 22.2 Å². The summed E-state index contributed by atoms with van der Waals surface area (Å²) in [5, 5.41) is 18.9. The Kier molecular flexibility index (Phi) is 4.89. The predicted octanol–water partition coefficient (Wildman–Crippen LogP) is 3.37. The molecule has 0 radical (unpaired) electrons. The second-order valence-corrected chi connectivity index (χ2v) is 5.77. The monoisotopic (exact) mass is 316 g/mol. The van der Waals surface area contributed by atoms with Gasteiger partial charge in [-0.3, -0.25) is 4.79 Å². The van der Waals surface area contributed by atoms with Crippen molar-refractivity contribution in [3.63, 3.8) is 0 Å². The molecule has 0 heterocycles. The Balaban J connectivity index is 2.39. The zero-order chi connectivity index (χ0) is 17.0. The van der Waals surface area contributed by atoms with E-state index < -0.39 is 17.4 Å². The highest BCUT2D eigenvalue weighted by Gasteiger charge is 2.44. The van der Waals surface area contributed by atoms with Crippen molar-refractivity contribution in [2.75, 3.05) is 0 Å². The fraction of sp³-hybridized carbons (Fsp3) is 0.333. The molecule has 2 N–H and O–H groups in total. The van der Waals surface area contributed by atoms with Gasteiger partial charge in [-0.25, -0.2) is 4.79 Å². The second-order valence-electron chi connectivity index (χ2n) is 5.77. The summed E-state index contributed by atoms with van der Waals surface area (Å²) in [6, 6.07) is 9.45. The Labute approximate surface area is 134 Å². The van der Waals surface area contributed by atoms with Crippen LogP contribution in [0.3, 0.4) is 0 Å². The number of carbonyl (C=O) groups is 2. The molecule has 2 rings (SSSR count). The van der Waals surface area contributed by atoms with Gasteiger partial charge in [0.05, 0.1) is 0 Å². The van der Waals surface area contributed by atoms with Gasteiger partial charge in [-0.1, -0.05) is 37.3 Å². The Morgan fingerprint density at radius 3 is 2.39 bits per heavy atom. The summed E-state index contributed by atoms with van der Waals surface area (Å²) in [6.45, 7) is 3.62. The van der Waals surface area contributed by atoms with Gasteiger partial charge in [0.1, 0.15) is 17.8 Å². The molecule has 0 saturated heterocycles. The minimum absolute atomic E-state index is 0.0920. The highest BCUT2D eigenvalue weighted by Crippen LogP contribution is 2.42. The Hall–Kier alpha value is -2.56. The van der Waals surface area contributed by atoms with E-state index in [1.165, 1.54) is 13.0 Å². The zero-order valence-corrected chi connectivity index (χ0v) is 13.2. The lowest BCUT2D eigenvalue weighted by Gasteiger charge is -2.33. The first-order chi connectivity index (χ1) is 10.9. The number of hydrogen-bond acceptors (Lipinski definition) is 3. The molecule has 1 unspecified atom stereocenters. The van der Waals surface area contributed by atoms with Gasteiger partial charge in [0.25, 0.3) is 0 Å². The van der Waals surface area contributed by atoms with Gasteiger partial charge < -0.3 is 14.9 Å². The first-order valence-corrected chi connectivity index (χ1v) is 7.46. The normalized spacial score (nSPS) is 20.9. The van der Waals surface area contributed by atoms with Crippen LogP contribution in [-0.2, 0) is 20.9 Å². The maximum atomic E-state index is 11.8. The summed E-state index contributed by atoms with van der Waals surface area (Å²) in [5.74, 6) is -1.83. The SMILES string of the molecule is CCC1=C(OCc2ccccc2)C(C)(C(=O)O)CC(C(=O)O)=C1. The Morgan fingerprint density at radius 1 is 1.22 bits per heavy atom. The van der Waals surface area contributed by atoms with Crippen molar-refractivity contribution in [3.8, 4) is 0 Å². The molecule has 0 fully saturated rings. The molecule has 1 aliphatic carbocycles. The van der Waals surface area contributed by atoms with Crippen molar-refractivity contribution < 1.29 is 24.5 Å². The Morgan fingerprint density at radius 2 is 1.87 bits per heavy atom. The number of hydrogen-bond donors (Lipinski definition) is 2. The topological polar surface area (TPSA) is 83.8 Å². The van der Waals surface area contributed by atoms with Crippen molar-refractivity contribution in [1.29, 1.82) is 0 Å². The molecule has 5 heteroatoms. The zero-order valence-electron chi connectivity index (χ0n) is 13.2. The highest BCUT2D eigenvalue weighted by molar-refractivity contribution is 5.91. The fourth-order valence-electron chi connectivity index (χ4n) is 2.70. The van der Waals surface area contributed by atoms with Crippen LogP contribution in [0.15, 0.2) is 53.3 Å². The molecule has 0 amide bonds. The molecule has 1 aromatic rings. The van der Waals surface area contributed by atoms with E-state index in [0.29, 0.717) is 17.8 Å². The lowest BCUT2D eigenvalue weighted by Crippen LogP contribution is -2.35. The minimum Gasteiger partial charge on any atom is -0.492 e. The third-order valence-electron chi connectivity index (χ3n) is 4.04. The van der Waals surface area contributed by atoms with E-state index in [4.69, 9.17) is 4.74 Å². The van der Waals surface area contributed by atoms with Gasteiger partial charge in [-0.15, -0.1) is 0 Å². The maximum Gasteiger partial charge on any atom is 0.331 e. The Bertz CT molecular complexity index is 672. The minimum atomic E-state index is -1.37. The summed E-state index contributed by atoms with van der Waals surface area (Å²) in [7, 11) is 0. The van der Waals surface area contributed by atoms with Crippen LogP contribution in [0.25, 0.3) is 0 Å². The predicted molar refractivity (Wildman–Crippen MR) is 84.6 cm³/mol. The first kappa shape index (κ1) is 16.8. The van der Waals surface area contributed by atoms with Gasteiger partial charge in [0.2, 0.25) is 0 Å². The number of allylic oxidation sites excluding steroid dienone is 2. The molecule has 0 aromatic heterocycles. The van der Waals surface area contributed by atoms with Gasteiger partial charge in [-0.05, 0) is 30.6 Å². The van der Waals surface area contributed by atoms with Crippen LogP contribution < -0.4 is 0 Å². The second kappa shape index (κ2) is 6.69. The highest BCUT2D eigenvalue weighted by atomic mass is 16.5. The van der Waals surface area contributed by atoms with E-state index in [2.05, 4.69) is 0 Å². The molecule has 1 aromatic carbocycles. The first-order valence-electron chi connectivity index (χ1n) is 7.46. The van der Waals surface area contributed by atoms with E-state index in [1.807, 2.05) is 37.3 Å². The molecule has 5 nitrogen and oxygen atoms in total. The molecular formula is C18H20O5. The van der Waals surface area contributed by atoms with Gasteiger partial charge in [0, 0.05) is 12.0 Å². The smallest absolute Gasteiger partial charge is 0.331 e. The number of aliphatic carboxylic acids is 2. The number of ether oxygens (including phenoxy) is 1. The van der Waals surface area contributed by atoms with Gasteiger partial charge in [-0.2, -0.15) is 0 Å². The summed E-state index contributed by atoms with van der Waals surface area (Å²) < 4.78 is 5.84. The number of carboxylic acids is 2. The van der Waals surface area contributed by atoms with Gasteiger partial charge >= 0.3 is 11.9 Å². The molecule has 0 aliphatic heterocycles. The number of rotatable bonds is 6. The van der Waals surface area contributed by atoms with E-state index in [0.717, 1.165) is 5.56 Å². The van der Waals surface area contributed by atoms with Crippen molar-refractivity contribution in [3.05, 3.63) is 58.9 Å². The fourth-order valence-corrected chi connectivity index (χ4v) is 2.70. The summed E-state index contributed by atoms with van der Waals surface area (Å²) in [6.07, 6.45) is 1.95. The summed E-state index contributed by atoms with van der Waals surface area (Å²) >= 11 is 0. The van der Waals surface area contributed by atoms with E-state index in [9.17, 15) is 19.8 Å². The third-order valence-corrected chi connectivity index (χ3v) is 4.04. The summed E-state index contributed by atoms with van der Waals surface area (Å²) in [5.41, 5.74) is 0.271. The summed E-state index contributed by atoms with van der Waals surface area (Å²) in [4.78, 5) is 23.1. The van der Waals surface area contributed by atoms with Crippen LogP contribution in [0.4, 0.5) is 0 Å². The molecule has 0 bridgehead atoms. The molecular weight excluding hydrogens is 296 g/mol. The van der Waals surface area contributed by atoms with Crippen LogP contribution in [0, 0.1) is 5.41 Å². The van der Waals surface area contributed by atoms with Crippen molar-refractivity contribution in [2.45, 2.75) is 33.3 Å². The van der Waals surface area contributed by atoms with Crippen LogP contribution in [0.2, 0.25) is 0 Å². The maximum absolute atomic E-state index is 11.8. The molecule has 0 saturated carbocycles. The van der Waals surface area contributed by atoms with Crippen molar-refractivity contribution >= 4 is 11.9 Å². The molecule has 1 atom stereocenters.